The van der Waals surface area contributed by atoms with Gasteiger partial charge in [-0.05, 0) is 29.8 Å². The van der Waals surface area contributed by atoms with Crippen molar-refractivity contribution >= 4 is 0 Å². The Morgan fingerprint density at radius 1 is 0.963 bits per heavy atom. The van der Waals surface area contributed by atoms with Crippen LogP contribution in [0, 0.1) is 11.6 Å². The maximum atomic E-state index is 14.5. The van der Waals surface area contributed by atoms with Gasteiger partial charge < -0.3 is 15.2 Å². The van der Waals surface area contributed by atoms with Crippen molar-refractivity contribution in [2.75, 3.05) is 26.2 Å². The zero-order valence-electron chi connectivity index (χ0n) is 14.1. The van der Waals surface area contributed by atoms with Crippen LogP contribution in [0.3, 0.4) is 0 Å². The molecule has 3 rings (SSSR count). The number of aromatic hydroxyl groups is 1. The topological polar surface area (TPSA) is 44.7 Å². The van der Waals surface area contributed by atoms with Gasteiger partial charge in [-0.3, -0.25) is 4.90 Å². The smallest absolute Gasteiger partial charge is 0.505 e. The molecule has 1 atom stereocenters. The zero-order chi connectivity index (χ0) is 19.6. The van der Waals surface area contributed by atoms with Gasteiger partial charge in [0.2, 0.25) is 0 Å². The lowest BCUT2D eigenvalue weighted by molar-refractivity contribution is -0.274. The number of hydrogen-bond donors (Lipinski definition) is 2. The molecule has 1 fully saturated rings. The van der Waals surface area contributed by atoms with E-state index in [0.29, 0.717) is 31.7 Å². The third kappa shape index (κ3) is 4.48. The molecule has 0 unspecified atom stereocenters. The van der Waals surface area contributed by atoms with Crippen LogP contribution in [0.15, 0.2) is 36.4 Å². The molecule has 27 heavy (non-hydrogen) atoms. The molecule has 1 aliphatic rings. The minimum Gasteiger partial charge on any atom is -0.505 e. The van der Waals surface area contributed by atoms with Crippen LogP contribution in [0.2, 0.25) is 0 Å². The van der Waals surface area contributed by atoms with Crippen LogP contribution in [0.5, 0.6) is 11.5 Å². The van der Waals surface area contributed by atoms with Crippen LogP contribution in [-0.4, -0.2) is 42.5 Å². The van der Waals surface area contributed by atoms with Crippen LogP contribution >= 0.6 is 0 Å². The Morgan fingerprint density at radius 3 is 2.15 bits per heavy atom. The summed E-state index contributed by atoms with van der Waals surface area (Å²) in [5.74, 6) is -3.00. The number of hydrogen-bond acceptors (Lipinski definition) is 4. The normalized spacial score (nSPS) is 16.9. The number of rotatable bonds is 4. The molecule has 2 aromatic carbocycles. The predicted molar refractivity (Wildman–Crippen MR) is 87.4 cm³/mol. The molecule has 0 aromatic heterocycles. The summed E-state index contributed by atoms with van der Waals surface area (Å²) in [5, 5.41) is 13.2. The van der Waals surface area contributed by atoms with Gasteiger partial charge in [-0.1, -0.05) is 12.1 Å². The SMILES string of the molecule is Oc1c(F)ccc(F)c1[C@H](c1ccc(OC(F)(F)F)cc1)N1CCNCC1. The lowest BCUT2D eigenvalue weighted by atomic mass is 9.94. The van der Waals surface area contributed by atoms with E-state index in [4.69, 9.17) is 0 Å². The first-order valence-corrected chi connectivity index (χ1v) is 8.23. The molecule has 4 nitrogen and oxygen atoms in total. The lowest BCUT2D eigenvalue weighted by Gasteiger charge is -2.36. The summed E-state index contributed by atoms with van der Waals surface area (Å²) < 4.78 is 69.2. The maximum absolute atomic E-state index is 14.5. The molecular weight excluding hydrogens is 371 g/mol. The summed E-state index contributed by atoms with van der Waals surface area (Å²) in [7, 11) is 0. The van der Waals surface area contributed by atoms with E-state index in [1.165, 1.54) is 12.1 Å². The molecule has 0 radical (unpaired) electrons. The summed E-state index contributed by atoms with van der Waals surface area (Å²) in [5.41, 5.74) is 0.160. The molecule has 2 N–H and O–H groups in total. The second-order valence-corrected chi connectivity index (χ2v) is 6.10. The molecular formula is C18H17F5N2O2. The van der Waals surface area contributed by atoms with E-state index in [1.807, 2.05) is 4.90 Å². The molecule has 0 bridgehead atoms. The highest BCUT2D eigenvalue weighted by molar-refractivity contribution is 5.44. The van der Waals surface area contributed by atoms with Gasteiger partial charge >= 0.3 is 6.36 Å². The Balaban J connectivity index is 2.02. The summed E-state index contributed by atoms with van der Waals surface area (Å²) in [6.45, 7) is 2.18. The fourth-order valence-electron chi connectivity index (χ4n) is 3.17. The summed E-state index contributed by atoms with van der Waals surface area (Å²) in [4.78, 5) is 1.83. The Hall–Kier alpha value is -2.39. The highest BCUT2D eigenvalue weighted by Crippen LogP contribution is 2.38. The van der Waals surface area contributed by atoms with Crippen LogP contribution < -0.4 is 10.1 Å². The van der Waals surface area contributed by atoms with Gasteiger partial charge in [-0.25, -0.2) is 8.78 Å². The number of alkyl halides is 3. The van der Waals surface area contributed by atoms with Crippen molar-refractivity contribution in [2.45, 2.75) is 12.4 Å². The van der Waals surface area contributed by atoms with E-state index in [1.54, 1.807) is 0 Å². The molecule has 0 amide bonds. The van der Waals surface area contributed by atoms with Crippen molar-refractivity contribution < 1.29 is 31.8 Å². The van der Waals surface area contributed by atoms with Crippen LogP contribution in [0.25, 0.3) is 0 Å². The first-order chi connectivity index (χ1) is 12.8. The molecule has 9 heteroatoms. The minimum atomic E-state index is -4.83. The maximum Gasteiger partial charge on any atom is 0.573 e. The monoisotopic (exact) mass is 388 g/mol. The highest BCUT2D eigenvalue weighted by Gasteiger charge is 2.32. The molecule has 0 saturated carbocycles. The molecule has 0 spiro atoms. The Labute approximate surface area is 152 Å². The third-order valence-corrected chi connectivity index (χ3v) is 4.33. The van der Waals surface area contributed by atoms with Gasteiger partial charge in [0.15, 0.2) is 11.6 Å². The van der Waals surface area contributed by atoms with Gasteiger partial charge in [-0.2, -0.15) is 0 Å². The van der Waals surface area contributed by atoms with Gasteiger partial charge in [0.1, 0.15) is 11.6 Å². The molecule has 1 aliphatic heterocycles. The zero-order valence-corrected chi connectivity index (χ0v) is 14.1. The Kier molecular flexibility index (Phi) is 5.52. The average Bonchev–Trinajstić information content (AvgIpc) is 2.62. The minimum absolute atomic E-state index is 0.249. The first kappa shape index (κ1) is 19.4. The number of piperazine rings is 1. The second-order valence-electron chi connectivity index (χ2n) is 6.10. The lowest BCUT2D eigenvalue weighted by Crippen LogP contribution is -2.45. The standard InChI is InChI=1S/C18H17F5N2O2/c19-13-5-6-14(20)17(26)15(13)16(25-9-7-24-8-10-25)11-1-3-12(4-2-11)27-18(21,22)23/h1-6,16,24,26H,7-10H2/t16-/m0/s1. The number of nitrogens with one attached hydrogen (secondary N) is 1. The van der Waals surface area contributed by atoms with Crippen LogP contribution in [0.1, 0.15) is 17.2 Å². The van der Waals surface area contributed by atoms with Crippen molar-refractivity contribution in [2.24, 2.45) is 0 Å². The van der Waals surface area contributed by atoms with Crippen molar-refractivity contribution in [3.63, 3.8) is 0 Å². The third-order valence-electron chi connectivity index (χ3n) is 4.33. The number of benzene rings is 2. The number of phenols is 1. The largest absolute Gasteiger partial charge is 0.573 e. The Morgan fingerprint density at radius 2 is 1.56 bits per heavy atom. The van der Waals surface area contributed by atoms with E-state index in [0.717, 1.165) is 24.3 Å². The highest BCUT2D eigenvalue weighted by atomic mass is 19.4. The van der Waals surface area contributed by atoms with Crippen molar-refractivity contribution in [3.05, 3.63) is 59.2 Å². The number of halogens is 5. The number of phenolic OH excluding ortho intramolecular Hbond substituents is 1. The van der Waals surface area contributed by atoms with E-state index in [2.05, 4.69) is 10.1 Å². The number of ether oxygens (including phenoxy) is 1. The quantitative estimate of drug-likeness (QED) is 0.787. The van der Waals surface area contributed by atoms with E-state index >= 15 is 0 Å². The van der Waals surface area contributed by atoms with Crippen molar-refractivity contribution in [1.29, 1.82) is 0 Å². The van der Waals surface area contributed by atoms with E-state index < -0.39 is 35.5 Å². The summed E-state index contributed by atoms with van der Waals surface area (Å²) >= 11 is 0. The summed E-state index contributed by atoms with van der Waals surface area (Å²) in [6.07, 6.45) is -4.83. The fourth-order valence-corrected chi connectivity index (χ4v) is 3.17. The fraction of sp³-hybridized carbons (Fsp3) is 0.333. The second kappa shape index (κ2) is 7.69. The number of nitrogens with zero attached hydrogens (tertiary/aromatic N) is 1. The van der Waals surface area contributed by atoms with Crippen molar-refractivity contribution in [1.82, 2.24) is 10.2 Å². The Bertz CT molecular complexity index is 790. The van der Waals surface area contributed by atoms with Gasteiger partial charge in [0.05, 0.1) is 11.6 Å². The van der Waals surface area contributed by atoms with Gasteiger partial charge in [0, 0.05) is 26.2 Å². The van der Waals surface area contributed by atoms with E-state index in [-0.39, 0.29) is 5.56 Å². The van der Waals surface area contributed by atoms with Gasteiger partial charge in [0.25, 0.3) is 0 Å². The molecule has 0 aliphatic carbocycles. The molecule has 1 saturated heterocycles. The first-order valence-electron chi connectivity index (χ1n) is 8.23. The predicted octanol–water partition coefficient (Wildman–Crippen LogP) is 3.56. The average molecular weight is 388 g/mol. The molecule has 1 heterocycles. The van der Waals surface area contributed by atoms with Crippen LogP contribution in [-0.2, 0) is 0 Å². The summed E-state index contributed by atoms with van der Waals surface area (Å²) in [6, 6.07) is 5.78. The van der Waals surface area contributed by atoms with Crippen LogP contribution in [0.4, 0.5) is 22.0 Å². The van der Waals surface area contributed by atoms with E-state index in [9.17, 15) is 27.1 Å². The molecule has 146 valence electrons. The van der Waals surface area contributed by atoms with Gasteiger partial charge in [-0.15, -0.1) is 13.2 Å². The molecule has 2 aromatic rings. The van der Waals surface area contributed by atoms with Crippen molar-refractivity contribution in [3.8, 4) is 11.5 Å².